The van der Waals surface area contributed by atoms with Crippen LogP contribution in [0, 0.1) is 5.92 Å². The Kier molecular flexibility index (Phi) is 4.60. The lowest BCUT2D eigenvalue weighted by atomic mass is 10.0. The molecular weight excluding hydrogens is 132 g/mol. The fourth-order valence-electron chi connectivity index (χ4n) is 0.961. The maximum Gasteiger partial charge on any atom is -0.00513 e. The summed E-state index contributed by atoms with van der Waals surface area (Å²) in [5, 5.41) is 0. The van der Waals surface area contributed by atoms with Crippen LogP contribution >= 0.6 is 0 Å². The molecule has 0 nitrogen and oxygen atoms in total. The first-order valence-corrected chi connectivity index (χ1v) is 4.04. The second-order valence-electron chi connectivity index (χ2n) is 3.05. The van der Waals surface area contributed by atoms with Crippen molar-refractivity contribution in [2.24, 2.45) is 5.92 Å². The van der Waals surface area contributed by atoms with Crippen LogP contribution in [0.25, 0.3) is 0 Å². The Morgan fingerprint density at radius 1 is 1.36 bits per heavy atom. The van der Waals surface area contributed by atoms with E-state index < -0.39 is 0 Å². The van der Waals surface area contributed by atoms with Crippen LogP contribution in [-0.2, 0) is 0 Å². The number of rotatable bonds is 3. The average molecular weight is 150 g/mol. The van der Waals surface area contributed by atoms with Crippen molar-refractivity contribution in [1.29, 1.82) is 0 Å². The van der Waals surface area contributed by atoms with E-state index in [1.54, 1.807) is 0 Å². The van der Waals surface area contributed by atoms with Gasteiger partial charge < -0.3 is 0 Å². The molecular formula is C11H18. The molecule has 0 fully saturated rings. The quantitative estimate of drug-likeness (QED) is 0.425. The van der Waals surface area contributed by atoms with E-state index in [-0.39, 0.29) is 0 Å². The molecule has 0 rings (SSSR count). The van der Waals surface area contributed by atoms with Crippen molar-refractivity contribution >= 4 is 0 Å². The van der Waals surface area contributed by atoms with E-state index in [1.165, 1.54) is 5.57 Å². The lowest BCUT2D eigenvalue weighted by Crippen LogP contribution is -1.90. The molecule has 0 amide bonds. The van der Waals surface area contributed by atoms with Crippen molar-refractivity contribution < 1.29 is 0 Å². The molecule has 0 aromatic carbocycles. The molecule has 0 aromatic rings. The number of hydrogen-bond donors (Lipinski definition) is 0. The molecule has 11 heavy (non-hydrogen) atoms. The van der Waals surface area contributed by atoms with Gasteiger partial charge in [0, 0.05) is 0 Å². The molecule has 0 aliphatic carbocycles. The first-order chi connectivity index (χ1) is 5.07. The minimum atomic E-state index is 0.539. The van der Waals surface area contributed by atoms with Crippen LogP contribution in [0.4, 0.5) is 0 Å². The third kappa shape index (κ3) is 4.60. The fourth-order valence-corrected chi connectivity index (χ4v) is 0.961. The van der Waals surface area contributed by atoms with Crippen molar-refractivity contribution in [2.75, 3.05) is 0 Å². The van der Waals surface area contributed by atoms with E-state index in [1.807, 2.05) is 13.8 Å². The van der Waals surface area contributed by atoms with Crippen LogP contribution in [0.5, 0.6) is 0 Å². The summed E-state index contributed by atoms with van der Waals surface area (Å²) in [4.78, 5) is 0. The van der Waals surface area contributed by atoms with E-state index in [9.17, 15) is 0 Å². The summed E-state index contributed by atoms with van der Waals surface area (Å²) in [6.45, 7) is 12.2. The van der Waals surface area contributed by atoms with Gasteiger partial charge in [0.05, 0.1) is 0 Å². The molecule has 0 aliphatic heterocycles. The van der Waals surface area contributed by atoms with Gasteiger partial charge in [-0.3, -0.25) is 0 Å². The molecule has 1 atom stereocenters. The second-order valence-corrected chi connectivity index (χ2v) is 3.05. The normalized spacial score (nSPS) is 15.5. The van der Waals surface area contributed by atoms with Gasteiger partial charge in [-0.25, -0.2) is 0 Å². The third-order valence-corrected chi connectivity index (χ3v) is 1.67. The zero-order valence-electron chi connectivity index (χ0n) is 8.02. The summed E-state index contributed by atoms with van der Waals surface area (Å²) in [6.07, 6.45) is 6.40. The molecule has 62 valence electrons. The largest absolute Gasteiger partial charge is 0.0961 e. The fraction of sp³-hybridized carbons (Fsp3) is 0.455. The Morgan fingerprint density at radius 2 is 1.91 bits per heavy atom. The Labute approximate surface area is 70.3 Å². The molecule has 0 bridgehead atoms. The van der Waals surface area contributed by atoms with Gasteiger partial charge in [-0.2, -0.15) is 0 Å². The van der Waals surface area contributed by atoms with Crippen molar-refractivity contribution in [3.8, 4) is 0 Å². The highest BCUT2D eigenvalue weighted by atomic mass is 14.0. The zero-order chi connectivity index (χ0) is 8.85. The molecule has 0 radical (unpaired) electrons. The summed E-state index contributed by atoms with van der Waals surface area (Å²) in [7, 11) is 0. The highest BCUT2D eigenvalue weighted by molar-refractivity contribution is 5.21. The molecule has 0 saturated carbocycles. The molecule has 0 spiro atoms. The zero-order valence-corrected chi connectivity index (χ0v) is 8.02. The molecule has 0 saturated heterocycles. The third-order valence-electron chi connectivity index (χ3n) is 1.67. The van der Waals surface area contributed by atoms with Gasteiger partial charge in [0.2, 0.25) is 0 Å². The summed E-state index contributed by atoms with van der Waals surface area (Å²) < 4.78 is 0. The van der Waals surface area contributed by atoms with Gasteiger partial charge in [-0.05, 0) is 26.7 Å². The maximum atomic E-state index is 3.84. The number of allylic oxidation sites excluding steroid dienone is 5. The first kappa shape index (κ1) is 10.2. The first-order valence-electron chi connectivity index (χ1n) is 4.04. The predicted octanol–water partition coefficient (Wildman–Crippen LogP) is 3.72. The minimum absolute atomic E-state index is 0.539. The molecule has 0 aliphatic rings. The topological polar surface area (TPSA) is 0 Å². The van der Waals surface area contributed by atoms with Crippen molar-refractivity contribution in [3.63, 3.8) is 0 Å². The standard InChI is InChI=1S/C11H18/c1-6-7-10(4)11(5)8-9(2)3/h6-8,10H,2H2,1,3-5H3. The van der Waals surface area contributed by atoms with Crippen LogP contribution in [0.15, 0.2) is 36.0 Å². The van der Waals surface area contributed by atoms with E-state index >= 15 is 0 Å². The second kappa shape index (κ2) is 4.95. The van der Waals surface area contributed by atoms with E-state index in [2.05, 4.69) is 38.7 Å². The molecule has 0 heteroatoms. The summed E-state index contributed by atoms with van der Waals surface area (Å²) in [5.74, 6) is 0.539. The lowest BCUT2D eigenvalue weighted by Gasteiger charge is -2.05. The Bertz CT molecular complexity index is 182. The summed E-state index contributed by atoms with van der Waals surface area (Å²) in [6, 6.07) is 0. The monoisotopic (exact) mass is 150 g/mol. The Balaban J connectivity index is 4.22. The van der Waals surface area contributed by atoms with Gasteiger partial charge in [0.15, 0.2) is 0 Å². The van der Waals surface area contributed by atoms with Gasteiger partial charge >= 0.3 is 0 Å². The van der Waals surface area contributed by atoms with E-state index in [0.717, 1.165) is 5.57 Å². The van der Waals surface area contributed by atoms with Crippen molar-refractivity contribution in [3.05, 3.63) is 36.0 Å². The SMILES string of the molecule is C=C(C)C=C(C)C(C)C=CC. The van der Waals surface area contributed by atoms with Crippen LogP contribution < -0.4 is 0 Å². The van der Waals surface area contributed by atoms with E-state index in [0.29, 0.717) is 5.92 Å². The maximum absolute atomic E-state index is 3.84. The minimum Gasteiger partial charge on any atom is -0.0961 e. The van der Waals surface area contributed by atoms with Gasteiger partial charge in [-0.1, -0.05) is 42.9 Å². The highest BCUT2D eigenvalue weighted by Gasteiger charge is 1.97. The lowest BCUT2D eigenvalue weighted by molar-refractivity contribution is 0.859. The van der Waals surface area contributed by atoms with Gasteiger partial charge in [0.25, 0.3) is 0 Å². The molecule has 0 N–H and O–H groups in total. The van der Waals surface area contributed by atoms with Crippen LogP contribution in [0.1, 0.15) is 27.7 Å². The Morgan fingerprint density at radius 3 is 2.27 bits per heavy atom. The molecule has 0 heterocycles. The smallest absolute Gasteiger partial charge is 0.00513 e. The highest BCUT2D eigenvalue weighted by Crippen LogP contribution is 2.12. The Hall–Kier alpha value is -0.780. The summed E-state index contributed by atoms with van der Waals surface area (Å²) in [5.41, 5.74) is 2.49. The van der Waals surface area contributed by atoms with E-state index in [4.69, 9.17) is 0 Å². The van der Waals surface area contributed by atoms with Crippen LogP contribution in [0.3, 0.4) is 0 Å². The molecule has 0 aromatic heterocycles. The predicted molar refractivity (Wildman–Crippen MR) is 52.5 cm³/mol. The molecule has 1 unspecified atom stereocenters. The average Bonchev–Trinajstić information content (AvgIpc) is 1.86. The summed E-state index contributed by atoms with van der Waals surface area (Å²) >= 11 is 0. The van der Waals surface area contributed by atoms with Crippen molar-refractivity contribution in [1.82, 2.24) is 0 Å². The van der Waals surface area contributed by atoms with Gasteiger partial charge in [0.1, 0.15) is 0 Å². The van der Waals surface area contributed by atoms with Crippen LogP contribution in [0.2, 0.25) is 0 Å². The van der Waals surface area contributed by atoms with Crippen molar-refractivity contribution in [2.45, 2.75) is 27.7 Å². The van der Waals surface area contributed by atoms with Crippen LogP contribution in [-0.4, -0.2) is 0 Å². The number of hydrogen-bond acceptors (Lipinski definition) is 0. The van der Waals surface area contributed by atoms with Gasteiger partial charge in [-0.15, -0.1) is 0 Å².